The topological polar surface area (TPSA) is 36.3 Å². The number of halogens is 1. The molecular formula is C14H17ClN2O. The molecule has 1 aromatic carbocycles. The summed E-state index contributed by atoms with van der Waals surface area (Å²) >= 11 is 6.13. The number of benzene rings is 1. The van der Waals surface area contributed by atoms with Crippen LogP contribution in [0.2, 0.25) is 5.02 Å². The van der Waals surface area contributed by atoms with Gasteiger partial charge in [0.25, 0.3) is 0 Å². The summed E-state index contributed by atoms with van der Waals surface area (Å²) in [6, 6.07) is 8.15. The maximum atomic E-state index is 8.70. The molecule has 2 rings (SSSR count). The normalized spacial score (nSPS) is 16.4. The summed E-state index contributed by atoms with van der Waals surface area (Å²) in [4.78, 5) is 2.32. The zero-order chi connectivity index (χ0) is 13.0. The average Bonchev–Trinajstić information content (AvgIpc) is 2.40. The average molecular weight is 265 g/mol. The van der Waals surface area contributed by atoms with Crippen LogP contribution in [0.4, 0.5) is 5.69 Å². The summed E-state index contributed by atoms with van der Waals surface area (Å²) in [5.41, 5.74) is 1.14. The highest BCUT2D eigenvalue weighted by Crippen LogP contribution is 2.31. The fraction of sp³-hybridized carbons (Fsp3) is 0.500. The third-order valence-corrected chi connectivity index (χ3v) is 3.79. The number of nitriles is 1. The van der Waals surface area contributed by atoms with Gasteiger partial charge in [0.2, 0.25) is 0 Å². The first-order valence-corrected chi connectivity index (χ1v) is 6.58. The second kappa shape index (κ2) is 5.97. The molecule has 0 aromatic heterocycles. The van der Waals surface area contributed by atoms with Gasteiger partial charge in [0.1, 0.15) is 5.75 Å². The van der Waals surface area contributed by atoms with E-state index in [0.717, 1.165) is 31.6 Å². The largest absolute Gasteiger partial charge is 0.495 e. The van der Waals surface area contributed by atoms with Crippen LogP contribution < -0.4 is 9.64 Å². The van der Waals surface area contributed by atoms with E-state index in [1.54, 1.807) is 7.11 Å². The van der Waals surface area contributed by atoms with Gasteiger partial charge in [-0.25, -0.2) is 0 Å². The lowest BCUT2D eigenvalue weighted by atomic mass is 9.94. The van der Waals surface area contributed by atoms with Crippen molar-refractivity contribution in [2.45, 2.75) is 19.3 Å². The van der Waals surface area contributed by atoms with Gasteiger partial charge < -0.3 is 9.64 Å². The highest BCUT2D eigenvalue weighted by atomic mass is 35.5. The van der Waals surface area contributed by atoms with Crippen molar-refractivity contribution in [3.05, 3.63) is 23.2 Å². The lowest BCUT2D eigenvalue weighted by Gasteiger charge is -2.33. The van der Waals surface area contributed by atoms with Crippen molar-refractivity contribution < 1.29 is 4.74 Å². The zero-order valence-corrected chi connectivity index (χ0v) is 11.3. The Hall–Kier alpha value is -1.40. The third-order valence-electron chi connectivity index (χ3n) is 3.50. The van der Waals surface area contributed by atoms with Crippen LogP contribution in [0.5, 0.6) is 5.75 Å². The Labute approximate surface area is 113 Å². The van der Waals surface area contributed by atoms with Crippen LogP contribution in [0.15, 0.2) is 18.2 Å². The fourth-order valence-electron chi connectivity index (χ4n) is 2.38. The number of hydrogen-bond acceptors (Lipinski definition) is 3. The van der Waals surface area contributed by atoms with Gasteiger partial charge in [-0.15, -0.1) is 0 Å². The van der Waals surface area contributed by atoms with E-state index in [1.165, 1.54) is 0 Å². The fourth-order valence-corrected chi connectivity index (χ4v) is 2.63. The molecule has 1 aliphatic heterocycles. The molecule has 0 amide bonds. The number of rotatable bonds is 3. The van der Waals surface area contributed by atoms with Crippen LogP contribution in [0.1, 0.15) is 19.3 Å². The van der Waals surface area contributed by atoms with Gasteiger partial charge in [0.05, 0.1) is 18.2 Å². The molecule has 1 fully saturated rings. The van der Waals surface area contributed by atoms with E-state index in [1.807, 2.05) is 18.2 Å². The summed E-state index contributed by atoms with van der Waals surface area (Å²) in [5, 5.41) is 9.35. The van der Waals surface area contributed by atoms with E-state index in [0.29, 0.717) is 23.1 Å². The maximum absolute atomic E-state index is 8.70. The number of methoxy groups -OCH3 is 1. The van der Waals surface area contributed by atoms with Crippen molar-refractivity contribution in [3.8, 4) is 11.8 Å². The van der Waals surface area contributed by atoms with E-state index in [2.05, 4.69) is 11.0 Å². The Kier molecular flexibility index (Phi) is 4.33. The van der Waals surface area contributed by atoms with Crippen LogP contribution in [0, 0.1) is 17.2 Å². The van der Waals surface area contributed by atoms with Gasteiger partial charge in [0.15, 0.2) is 0 Å². The van der Waals surface area contributed by atoms with Gasteiger partial charge in [-0.3, -0.25) is 0 Å². The Morgan fingerprint density at radius 1 is 1.44 bits per heavy atom. The van der Waals surface area contributed by atoms with Crippen LogP contribution in [-0.4, -0.2) is 20.2 Å². The first-order chi connectivity index (χ1) is 8.74. The van der Waals surface area contributed by atoms with Crippen LogP contribution in [0.3, 0.4) is 0 Å². The summed E-state index contributed by atoms with van der Waals surface area (Å²) < 4.78 is 5.15. The third kappa shape index (κ3) is 2.88. The molecule has 3 nitrogen and oxygen atoms in total. The highest BCUT2D eigenvalue weighted by molar-refractivity contribution is 6.32. The SMILES string of the molecule is COc1ccc(N2CCC(CC#N)CC2)cc1Cl. The monoisotopic (exact) mass is 264 g/mol. The van der Waals surface area contributed by atoms with Gasteiger partial charge >= 0.3 is 0 Å². The molecule has 1 heterocycles. The maximum Gasteiger partial charge on any atom is 0.137 e. The molecule has 0 radical (unpaired) electrons. The molecule has 96 valence electrons. The van der Waals surface area contributed by atoms with Crippen molar-refractivity contribution in [2.75, 3.05) is 25.1 Å². The molecule has 0 aliphatic carbocycles. The van der Waals surface area contributed by atoms with E-state index in [4.69, 9.17) is 21.6 Å². The Balaban J connectivity index is 2.01. The number of hydrogen-bond donors (Lipinski definition) is 0. The molecule has 1 aromatic rings. The standard InChI is InChI=1S/C14H17ClN2O/c1-18-14-3-2-12(10-13(14)15)17-8-5-11(4-7-16)6-9-17/h2-3,10-11H,4-6,8-9H2,1H3. The number of piperidine rings is 1. The second-order valence-corrected chi connectivity index (χ2v) is 5.02. The van der Waals surface area contributed by atoms with Crippen LogP contribution in [0.25, 0.3) is 0 Å². The minimum atomic E-state index is 0.556. The van der Waals surface area contributed by atoms with Gasteiger partial charge in [-0.05, 0) is 37.0 Å². The summed E-state index contributed by atoms with van der Waals surface area (Å²) in [5.74, 6) is 1.26. The lowest BCUT2D eigenvalue weighted by Crippen LogP contribution is -2.33. The first-order valence-electron chi connectivity index (χ1n) is 6.20. The van der Waals surface area contributed by atoms with E-state index >= 15 is 0 Å². The second-order valence-electron chi connectivity index (χ2n) is 4.61. The zero-order valence-electron chi connectivity index (χ0n) is 10.5. The molecular weight excluding hydrogens is 248 g/mol. The van der Waals surface area contributed by atoms with E-state index in [9.17, 15) is 0 Å². The molecule has 0 unspecified atom stereocenters. The minimum absolute atomic E-state index is 0.556. The number of anilines is 1. The predicted octanol–water partition coefficient (Wildman–Crippen LogP) is 3.48. The molecule has 1 saturated heterocycles. The van der Waals surface area contributed by atoms with Crippen molar-refractivity contribution in [1.29, 1.82) is 5.26 Å². The molecule has 0 N–H and O–H groups in total. The van der Waals surface area contributed by atoms with E-state index in [-0.39, 0.29) is 0 Å². The number of nitrogens with zero attached hydrogens (tertiary/aromatic N) is 2. The summed E-state index contributed by atoms with van der Waals surface area (Å²) in [7, 11) is 1.62. The highest BCUT2D eigenvalue weighted by Gasteiger charge is 2.19. The number of ether oxygens (including phenoxy) is 1. The van der Waals surface area contributed by atoms with Crippen molar-refractivity contribution >= 4 is 17.3 Å². The molecule has 0 saturated carbocycles. The smallest absolute Gasteiger partial charge is 0.137 e. The molecule has 18 heavy (non-hydrogen) atoms. The Bertz CT molecular complexity index is 448. The Morgan fingerprint density at radius 2 is 2.17 bits per heavy atom. The van der Waals surface area contributed by atoms with Crippen molar-refractivity contribution in [2.24, 2.45) is 5.92 Å². The quantitative estimate of drug-likeness (QED) is 0.839. The molecule has 0 spiro atoms. The van der Waals surface area contributed by atoms with Crippen LogP contribution in [-0.2, 0) is 0 Å². The van der Waals surface area contributed by atoms with Crippen molar-refractivity contribution in [3.63, 3.8) is 0 Å². The Morgan fingerprint density at radius 3 is 2.72 bits per heavy atom. The van der Waals surface area contributed by atoms with Gasteiger partial charge in [-0.2, -0.15) is 5.26 Å². The van der Waals surface area contributed by atoms with E-state index < -0.39 is 0 Å². The predicted molar refractivity (Wildman–Crippen MR) is 73.2 cm³/mol. The van der Waals surface area contributed by atoms with Gasteiger partial charge in [-0.1, -0.05) is 11.6 Å². The molecule has 4 heteroatoms. The minimum Gasteiger partial charge on any atom is -0.495 e. The molecule has 0 atom stereocenters. The lowest BCUT2D eigenvalue weighted by molar-refractivity contribution is 0.410. The van der Waals surface area contributed by atoms with Crippen molar-refractivity contribution in [1.82, 2.24) is 0 Å². The summed E-state index contributed by atoms with van der Waals surface area (Å²) in [6.07, 6.45) is 2.84. The van der Waals surface area contributed by atoms with Crippen LogP contribution >= 0.6 is 11.6 Å². The van der Waals surface area contributed by atoms with Gasteiger partial charge in [0, 0.05) is 25.2 Å². The molecule has 0 bridgehead atoms. The first kappa shape index (κ1) is 13.0. The summed E-state index contributed by atoms with van der Waals surface area (Å²) in [6.45, 7) is 1.99. The molecule has 1 aliphatic rings.